The number of carbonyl (C=O) groups excluding carboxylic acids is 2. The van der Waals surface area contributed by atoms with Gasteiger partial charge in [-0.05, 0) is 37.1 Å². The van der Waals surface area contributed by atoms with Gasteiger partial charge in [-0.3, -0.25) is 9.59 Å². The zero-order valence-corrected chi connectivity index (χ0v) is 13.6. The highest BCUT2D eigenvalue weighted by Crippen LogP contribution is 2.12. The van der Waals surface area contributed by atoms with Crippen molar-refractivity contribution in [3.8, 4) is 0 Å². The van der Waals surface area contributed by atoms with E-state index in [1.165, 1.54) is 17.4 Å². The summed E-state index contributed by atoms with van der Waals surface area (Å²) < 4.78 is 4.89. The molecule has 0 saturated carbocycles. The second-order valence-corrected chi connectivity index (χ2v) is 5.46. The van der Waals surface area contributed by atoms with Crippen LogP contribution in [0.3, 0.4) is 0 Å². The van der Waals surface area contributed by atoms with Crippen LogP contribution < -0.4 is 5.32 Å². The number of ether oxygens (including phenoxy) is 1. The first kappa shape index (κ1) is 16.9. The first-order chi connectivity index (χ1) is 11.2. The zero-order chi connectivity index (χ0) is 16.5. The van der Waals surface area contributed by atoms with Gasteiger partial charge in [-0.1, -0.05) is 12.1 Å². The lowest BCUT2D eigenvalue weighted by molar-refractivity contribution is -0.143. The van der Waals surface area contributed by atoms with Gasteiger partial charge in [0.2, 0.25) is 5.91 Å². The summed E-state index contributed by atoms with van der Waals surface area (Å²) in [5.74, 6) is -0.408. The molecular weight excluding hydrogens is 312 g/mol. The summed E-state index contributed by atoms with van der Waals surface area (Å²) in [5.41, 5.74) is 4.21. The molecule has 0 aliphatic carbocycles. The van der Waals surface area contributed by atoms with Gasteiger partial charge in [-0.2, -0.15) is 0 Å². The molecule has 0 saturated heterocycles. The third-order valence-corrected chi connectivity index (χ3v) is 3.61. The quantitative estimate of drug-likeness (QED) is 0.625. The topological polar surface area (TPSA) is 68.3 Å². The highest BCUT2D eigenvalue weighted by atomic mass is 32.1. The van der Waals surface area contributed by atoms with E-state index in [2.05, 4.69) is 10.3 Å². The van der Waals surface area contributed by atoms with Crippen molar-refractivity contribution in [2.75, 3.05) is 11.9 Å². The van der Waals surface area contributed by atoms with Crippen LogP contribution in [0.5, 0.6) is 0 Å². The van der Waals surface area contributed by atoms with Crippen LogP contribution in [0.4, 0.5) is 5.69 Å². The van der Waals surface area contributed by atoms with E-state index in [0.717, 1.165) is 11.3 Å². The maximum Gasteiger partial charge on any atom is 0.306 e. The molecule has 0 spiro atoms. The lowest BCUT2D eigenvalue weighted by atomic mass is 10.1. The molecule has 5 nitrogen and oxygen atoms in total. The normalized spacial score (nSPS) is 10.7. The lowest BCUT2D eigenvalue weighted by Gasteiger charge is -2.05. The van der Waals surface area contributed by atoms with Crippen LogP contribution in [0.1, 0.15) is 24.6 Å². The molecule has 1 amide bonds. The fourth-order valence-electron chi connectivity index (χ4n) is 1.88. The van der Waals surface area contributed by atoms with Crippen molar-refractivity contribution in [1.82, 2.24) is 4.98 Å². The van der Waals surface area contributed by atoms with Crippen LogP contribution in [0.2, 0.25) is 0 Å². The molecule has 0 fully saturated rings. The van der Waals surface area contributed by atoms with E-state index in [1.807, 2.05) is 29.6 Å². The SMILES string of the molecule is CCOC(=O)CCc1ccc(NC(=O)C=Cc2cscn2)cc1. The molecule has 1 N–H and O–H groups in total. The van der Waals surface area contributed by atoms with Crippen molar-refractivity contribution in [2.24, 2.45) is 0 Å². The summed E-state index contributed by atoms with van der Waals surface area (Å²) in [6.07, 6.45) is 4.09. The number of thiazole rings is 1. The number of aromatic nitrogens is 1. The van der Waals surface area contributed by atoms with Crippen molar-refractivity contribution >= 4 is 35.0 Å². The molecule has 0 radical (unpaired) electrons. The number of aryl methyl sites for hydroxylation is 1. The van der Waals surface area contributed by atoms with Gasteiger partial charge in [-0.25, -0.2) is 4.98 Å². The van der Waals surface area contributed by atoms with E-state index in [9.17, 15) is 9.59 Å². The third kappa shape index (κ3) is 6.04. The Labute approximate surface area is 139 Å². The molecule has 1 heterocycles. The van der Waals surface area contributed by atoms with Crippen LogP contribution in [-0.2, 0) is 20.7 Å². The molecule has 0 aliphatic rings. The Hall–Kier alpha value is -2.47. The molecule has 2 rings (SSSR count). The van der Waals surface area contributed by atoms with Gasteiger partial charge >= 0.3 is 5.97 Å². The third-order valence-electron chi connectivity index (χ3n) is 3.00. The number of carbonyl (C=O) groups is 2. The Morgan fingerprint density at radius 1 is 1.30 bits per heavy atom. The van der Waals surface area contributed by atoms with Crippen molar-refractivity contribution in [1.29, 1.82) is 0 Å². The minimum absolute atomic E-state index is 0.197. The number of nitrogens with zero attached hydrogens (tertiary/aromatic N) is 1. The van der Waals surface area contributed by atoms with Gasteiger partial charge in [-0.15, -0.1) is 11.3 Å². The summed E-state index contributed by atoms with van der Waals surface area (Å²) in [6, 6.07) is 7.40. The fraction of sp³-hybridized carbons (Fsp3) is 0.235. The second-order valence-electron chi connectivity index (χ2n) is 4.74. The maximum atomic E-state index is 11.8. The first-order valence-electron chi connectivity index (χ1n) is 7.29. The van der Waals surface area contributed by atoms with E-state index >= 15 is 0 Å². The van der Waals surface area contributed by atoms with Crippen LogP contribution in [-0.4, -0.2) is 23.5 Å². The highest BCUT2D eigenvalue weighted by molar-refractivity contribution is 7.07. The number of rotatable bonds is 7. The van der Waals surface area contributed by atoms with Gasteiger partial charge in [0.05, 0.1) is 17.8 Å². The van der Waals surface area contributed by atoms with Gasteiger partial charge < -0.3 is 10.1 Å². The average Bonchev–Trinajstić information content (AvgIpc) is 3.06. The van der Waals surface area contributed by atoms with Gasteiger partial charge in [0.25, 0.3) is 0 Å². The first-order valence-corrected chi connectivity index (χ1v) is 8.23. The summed E-state index contributed by atoms with van der Waals surface area (Å²) in [5, 5.41) is 4.64. The molecule has 2 aromatic rings. The van der Waals surface area contributed by atoms with Crippen molar-refractivity contribution in [3.05, 3.63) is 52.5 Å². The fourth-order valence-corrected chi connectivity index (χ4v) is 2.41. The Balaban J connectivity index is 1.82. The largest absolute Gasteiger partial charge is 0.466 e. The molecule has 1 aromatic carbocycles. The Kier molecular flexibility index (Phi) is 6.50. The van der Waals surface area contributed by atoms with E-state index in [0.29, 0.717) is 25.1 Å². The molecule has 0 bridgehead atoms. The molecule has 6 heteroatoms. The number of hydrogen-bond donors (Lipinski definition) is 1. The van der Waals surface area contributed by atoms with E-state index in [-0.39, 0.29) is 11.9 Å². The number of amides is 1. The summed E-state index contributed by atoms with van der Waals surface area (Å²) in [4.78, 5) is 27.2. The highest BCUT2D eigenvalue weighted by Gasteiger charge is 2.03. The van der Waals surface area contributed by atoms with Crippen molar-refractivity contribution < 1.29 is 14.3 Å². The van der Waals surface area contributed by atoms with Gasteiger partial charge in [0.15, 0.2) is 0 Å². The predicted molar refractivity (Wildman–Crippen MR) is 91.2 cm³/mol. The van der Waals surface area contributed by atoms with Crippen LogP contribution in [0, 0.1) is 0 Å². The van der Waals surface area contributed by atoms with Crippen LogP contribution >= 0.6 is 11.3 Å². The molecule has 0 aliphatic heterocycles. The minimum Gasteiger partial charge on any atom is -0.466 e. The smallest absolute Gasteiger partial charge is 0.306 e. The Morgan fingerprint density at radius 3 is 2.74 bits per heavy atom. The average molecular weight is 330 g/mol. The molecular formula is C17H18N2O3S. The Morgan fingerprint density at radius 2 is 2.09 bits per heavy atom. The van der Waals surface area contributed by atoms with E-state index in [1.54, 1.807) is 18.5 Å². The summed E-state index contributed by atoms with van der Waals surface area (Å²) in [6.45, 7) is 2.19. The Bertz CT molecular complexity index is 664. The van der Waals surface area contributed by atoms with Gasteiger partial charge in [0.1, 0.15) is 0 Å². The van der Waals surface area contributed by atoms with Crippen molar-refractivity contribution in [2.45, 2.75) is 19.8 Å². The number of hydrogen-bond acceptors (Lipinski definition) is 5. The number of nitrogens with one attached hydrogen (secondary N) is 1. The van der Waals surface area contributed by atoms with Gasteiger partial charge in [0, 0.05) is 23.6 Å². The van der Waals surface area contributed by atoms with Crippen LogP contribution in [0.25, 0.3) is 6.08 Å². The molecule has 1 aromatic heterocycles. The molecule has 120 valence electrons. The molecule has 0 atom stereocenters. The minimum atomic E-state index is -0.211. The van der Waals surface area contributed by atoms with Crippen LogP contribution in [0.15, 0.2) is 41.2 Å². The summed E-state index contributed by atoms with van der Waals surface area (Å²) in [7, 11) is 0. The number of benzene rings is 1. The number of esters is 1. The predicted octanol–water partition coefficient (Wildman–Crippen LogP) is 3.29. The van der Waals surface area contributed by atoms with E-state index < -0.39 is 0 Å². The maximum absolute atomic E-state index is 11.8. The molecule has 23 heavy (non-hydrogen) atoms. The summed E-state index contributed by atoms with van der Waals surface area (Å²) >= 11 is 1.48. The van der Waals surface area contributed by atoms with Crippen molar-refractivity contribution in [3.63, 3.8) is 0 Å². The standard InChI is InChI=1S/C17H18N2O3S/c1-2-22-17(21)10-5-13-3-6-14(7-4-13)19-16(20)9-8-15-11-23-12-18-15/h3-4,6-9,11-12H,2,5,10H2,1H3,(H,19,20). The monoisotopic (exact) mass is 330 g/mol. The molecule has 0 unspecified atom stereocenters. The lowest BCUT2D eigenvalue weighted by Crippen LogP contribution is -2.08. The number of anilines is 1. The second kappa shape index (κ2) is 8.85. The zero-order valence-electron chi connectivity index (χ0n) is 12.8. The van der Waals surface area contributed by atoms with E-state index in [4.69, 9.17) is 4.74 Å².